The summed E-state index contributed by atoms with van der Waals surface area (Å²) in [5.41, 5.74) is 0. The maximum Gasteiger partial charge on any atom is 0.315 e. The van der Waals surface area contributed by atoms with Gasteiger partial charge in [-0.15, -0.1) is 23.1 Å². The summed E-state index contributed by atoms with van der Waals surface area (Å²) in [6.07, 6.45) is 5.89. The maximum atomic E-state index is 12.5. The molecule has 1 aliphatic rings. The van der Waals surface area contributed by atoms with Crippen LogP contribution in [0.2, 0.25) is 0 Å². The van der Waals surface area contributed by atoms with Crippen molar-refractivity contribution in [3.63, 3.8) is 0 Å². The topological polar surface area (TPSA) is 83.8 Å². The van der Waals surface area contributed by atoms with E-state index in [1.807, 2.05) is 18.2 Å². The van der Waals surface area contributed by atoms with Crippen molar-refractivity contribution in [1.82, 2.24) is 0 Å². The van der Waals surface area contributed by atoms with E-state index in [9.17, 15) is 19.8 Å². The fourth-order valence-corrected chi connectivity index (χ4v) is 7.43. The molecular formula is C25H32O5S3. The van der Waals surface area contributed by atoms with Gasteiger partial charge in [-0.1, -0.05) is 30.4 Å². The number of ketones is 1. The first-order chi connectivity index (χ1) is 16.0. The Morgan fingerprint density at radius 1 is 1.33 bits per heavy atom. The molecule has 3 rings (SSSR count). The van der Waals surface area contributed by atoms with Crippen LogP contribution in [0.15, 0.2) is 42.5 Å². The van der Waals surface area contributed by atoms with Gasteiger partial charge in [-0.3, -0.25) is 9.59 Å². The van der Waals surface area contributed by atoms with E-state index >= 15 is 0 Å². The number of methoxy groups -OCH3 is 1. The molecular weight excluding hydrogens is 476 g/mol. The number of carbonyl (C=O) groups is 2. The van der Waals surface area contributed by atoms with Gasteiger partial charge < -0.3 is 14.9 Å². The van der Waals surface area contributed by atoms with Gasteiger partial charge in [-0.2, -0.15) is 11.8 Å². The van der Waals surface area contributed by atoms with E-state index in [2.05, 4.69) is 22.9 Å². The molecule has 2 aromatic rings. The largest absolute Gasteiger partial charge is 0.468 e. The summed E-state index contributed by atoms with van der Waals surface area (Å²) < 4.78 is 5.89. The number of benzene rings is 1. The van der Waals surface area contributed by atoms with Crippen LogP contribution in [-0.2, 0) is 20.7 Å². The summed E-state index contributed by atoms with van der Waals surface area (Å²) in [5, 5.41) is 21.3. The molecule has 0 radical (unpaired) electrons. The summed E-state index contributed by atoms with van der Waals surface area (Å²) in [6, 6.07) is 10.5. The summed E-state index contributed by atoms with van der Waals surface area (Å²) in [5.74, 6) is 1.81. The number of fused-ring (bicyclic) bond motifs is 1. The number of thioether (sulfide) groups is 2. The smallest absolute Gasteiger partial charge is 0.315 e. The lowest BCUT2D eigenvalue weighted by atomic mass is 9.95. The Kier molecular flexibility index (Phi) is 10.8. The van der Waals surface area contributed by atoms with Crippen molar-refractivity contribution < 1.29 is 24.5 Å². The van der Waals surface area contributed by atoms with Gasteiger partial charge >= 0.3 is 5.97 Å². The number of ether oxygens (including phenoxy) is 1. The van der Waals surface area contributed by atoms with E-state index in [4.69, 9.17) is 0 Å². The highest BCUT2D eigenvalue weighted by Gasteiger charge is 2.40. The van der Waals surface area contributed by atoms with Crippen LogP contribution >= 0.6 is 34.9 Å². The predicted molar refractivity (Wildman–Crippen MR) is 139 cm³/mol. The van der Waals surface area contributed by atoms with Crippen LogP contribution in [0.3, 0.4) is 0 Å². The Balaban J connectivity index is 1.47. The van der Waals surface area contributed by atoms with Gasteiger partial charge in [0.1, 0.15) is 5.78 Å². The first-order valence-corrected chi connectivity index (χ1v) is 14.3. The normalized spacial score (nSPS) is 21.8. The highest BCUT2D eigenvalue weighted by atomic mass is 32.2. The van der Waals surface area contributed by atoms with Crippen molar-refractivity contribution >= 4 is 56.7 Å². The maximum absolute atomic E-state index is 12.5. The van der Waals surface area contributed by atoms with E-state index in [0.717, 1.165) is 24.3 Å². The zero-order chi connectivity index (χ0) is 23.6. The lowest BCUT2D eigenvalue weighted by Gasteiger charge is -2.19. The van der Waals surface area contributed by atoms with Crippen molar-refractivity contribution in [3.8, 4) is 0 Å². The fourth-order valence-electron chi connectivity index (χ4n) is 4.01. The van der Waals surface area contributed by atoms with Crippen molar-refractivity contribution in [1.29, 1.82) is 0 Å². The van der Waals surface area contributed by atoms with Gasteiger partial charge in [-0.25, -0.2) is 0 Å². The average Bonchev–Trinajstić information content (AvgIpc) is 3.38. The number of thiophene rings is 1. The number of rotatable bonds is 13. The Bertz CT molecular complexity index is 908. The molecule has 0 aliphatic heterocycles. The van der Waals surface area contributed by atoms with Crippen LogP contribution in [0.4, 0.5) is 0 Å². The first-order valence-electron chi connectivity index (χ1n) is 11.3. The van der Waals surface area contributed by atoms with Crippen molar-refractivity contribution in [2.75, 3.05) is 31.0 Å². The number of Topliss-reactive ketones (excluding diaryl/α,β-unsaturated/α-hetero) is 1. The molecule has 0 amide bonds. The van der Waals surface area contributed by atoms with Gasteiger partial charge in [0.15, 0.2) is 0 Å². The SMILES string of the molecule is COC(=O)CSCCCS[C@H]1C(=O)C[C@@H](CO)[C@@H]1/C=C/[C@H](O)CCc1cc2ccccc2s1. The van der Waals surface area contributed by atoms with Crippen LogP contribution in [-0.4, -0.2) is 64.3 Å². The molecule has 0 spiro atoms. The molecule has 1 aromatic carbocycles. The van der Waals surface area contributed by atoms with Gasteiger partial charge in [0.05, 0.1) is 24.2 Å². The molecule has 8 heteroatoms. The average molecular weight is 509 g/mol. The summed E-state index contributed by atoms with van der Waals surface area (Å²) in [6.45, 7) is -0.0231. The third-order valence-electron chi connectivity index (χ3n) is 5.81. The lowest BCUT2D eigenvalue weighted by molar-refractivity contribution is -0.137. The molecule has 1 aromatic heterocycles. The Morgan fingerprint density at radius 2 is 2.15 bits per heavy atom. The van der Waals surface area contributed by atoms with Gasteiger partial charge in [0.25, 0.3) is 0 Å². The van der Waals surface area contributed by atoms with E-state index < -0.39 is 6.10 Å². The molecule has 33 heavy (non-hydrogen) atoms. The second-order valence-corrected chi connectivity index (χ2v) is 11.7. The number of allylic oxidation sites excluding steroid dienone is 1. The van der Waals surface area contributed by atoms with E-state index in [1.165, 1.54) is 33.8 Å². The van der Waals surface area contributed by atoms with Crippen LogP contribution in [0.1, 0.15) is 24.1 Å². The van der Waals surface area contributed by atoms with E-state index in [-0.39, 0.29) is 35.4 Å². The van der Waals surface area contributed by atoms with E-state index in [0.29, 0.717) is 18.6 Å². The zero-order valence-corrected chi connectivity index (χ0v) is 21.3. The minimum Gasteiger partial charge on any atom is -0.468 e. The number of hydrogen-bond acceptors (Lipinski definition) is 8. The minimum atomic E-state index is -0.578. The van der Waals surface area contributed by atoms with Gasteiger partial charge in [0, 0.05) is 28.5 Å². The number of aliphatic hydroxyl groups is 2. The van der Waals surface area contributed by atoms with E-state index in [1.54, 1.807) is 29.2 Å². The van der Waals surface area contributed by atoms with Crippen LogP contribution in [0.5, 0.6) is 0 Å². The fraction of sp³-hybridized carbons (Fsp3) is 0.520. The summed E-state index contributed by atoms with van der Waals surface area (Å²) >= 11 is 4.92. The van der Waals surface area contributed by atoms with Crippen LogP contribution < -0.4 is 0 Å². The quantitative estimate of drug-likeness (QED) is 0.236. The minimum absolute atomic E-state index is 0.0231. The van der Waals surface area contributed by atoms with Crippen LogP contribution in [0, 0.1) is 11.8 Å². The third-order valence-corrected chi connectivity index (χ3v) is 9.46. The second kappa shape index (κ2) is 13.5. The summed E-state index contributed by atoms with van der Waals surface area (Å²) in [4.78, 5) is 25.0. The second-order valence-electron chi connectivity index (χ2n) is 8.21. The van der Waals surface area contributed by atoms with Crippen molar-refractivity contribution in [3.05, 3.63) is 47.4 Å². The molecule has 0 bridgehead atoms. The van der Waals surface area contributed by atoms with Crippen LogP contribution in [0.25, 0.3) is 10.1 Å². The highest BCUT2D eigenvalue weighted by Crippen LogP contribution is 2.38. The Labute approximate surface area is 208 Å². The van der Waals surface area contributed by atoms with Crippen molar-refractivity contribution in [2.45, 2.75) is 37.0 Å². The third kappa shape index (κ3) is 7.86. The highest BCUT2D eigenvalue weighted by molar-refractivity contribution is 8.01. The number of hydrogen-bond donors (Lipinski definition) is 2. The number of esters is 1. The molecule has 1 aliphatic carbocycles. The summed E-state index contributed by atoms with van der Waals surface area (Å²) in [7, 11) is 1.39. The predicted octanol–water partition coefficient (Wildman–Crippen LogP) is 4.35. The number of aliphatic hydroxyl groups excluding tert-OH is 2. The molecule has 1 heterocycles. The molecule has 1 fully saturated rings. The zero-order valence-electron chi connectivity index (χ0n) is 18.9. The molecule has 180 valence electrons. The molecule has 1 saturated carbocycles. The molecule has 0 unspecified atom stereocenters. The standard InChI is InChI=1S/C25H32O5S3/c1-30-24(29)16-31-11-4-12-32-25-21(18(15-26)14-22(25)28)10-8-19(27)7-9-20-13-17-5-2-3-6-23(17)33-20/h2-3,5-6,8,10,13,18-19,21,25-27H,4,7,9,11-12,14-16H2,1H3/b10-8+/t18-,19+,21-,25+/m0/s1. The van der Waals surface area contributed by atoms with Gasteiger partial charge in [0.2, 0.25) is 0 Å². The van der Waals surface area contributed by atoms with Gasteiger partial charge in [-0.05, 0) is 54.2 Å². The lowest BCUT2D eigenvalue weighted by Crippen LogP contribution is -2.21. The Morgan fingerprint density at radius 3 is 2.91 bits per heavy atom. The molecule has 5 nitrogen and oxygen atoms in total. The van der Waals surface area contributed by atoms with Crippen molar-refractivity contribution in [2.24, 2.45) is 11.8 Å². The Hall–Kier alpha value is -1.32. The molecule has 2 N–H and O–H groups in total. The molecule has 4 atom stereocenters. The monoisotopic (exact) mass is 508 g/mol. The first kappa shape index (κ1) is 26.3. The molecule has 0 saturated heterocycles. The number of carbonyl (C=O) groups excluding carboxylic acids is 2. The number of aryl methyl sites for hydroxylation is 1.